The largest absolute Gasteiger partial charge is 0.372 e. The molecule has 3 rings (SSSR count). The number of tetrazole rings is 1. The molecule has 0 atom stereocenters. The normalized spacial score (nSPS) is 10.5. The Morgan fingerprint density at radius 1 is 0.759 bits per heavy atom. The second-order valence-electron chi connectivity index (χ2n) is 5.35. The zero-order chi connectivity index (χ0) is 21.3. The third-order valence-electron chi connectivity index (χ3n) is 3.73. The molecule has 0 radical (unpaired) electrons. The van der Waals surface area contributed by atoms with Crippen LogP contribution in [0, 0.1) is 40.5 Å². The average Bonchev–Trinajstić information content (AvgIpc) is 3.20. The minimum absolute atomic E-state index is 0.316. The van der Waals surface area contributed by atoms with Crippen LogP contribution in [0.15, 0.2) is 36.7 Å². The van der Waals surface area contributed by atoms with Crippen molar-refractivity contribution in [1.29, 1.82) is 0 Å². The first-order valence-electron chi connectivity index (χ1n) is 7.34. The van der Waals surface area contributed by atoms with Gasteiger partial charge in [0, 0.05) is 17.7 Å². The van der Waals surface area contributed by atoms with Crippen LogP contribution in [0.25, 0.3) is 16.8 Å². The topological polar surface area (TPSA) is 216 Å². The van der Waals surface area contributed by atoms with Gasteiger partial charge in [0.25, 0.3) is 11.4 Å². The van der Waals surface area contributed by atoms with Gasteiger partial charge in [-0.25, -0.2) is 0 Å². The molecule has 0 fully saturated rings. The Labute approximate surface area is 157 Å². The van der Waals surface area contributed by atoms with E-state index < -0.39 is 48.0 Å². The van der Waals surface area contributed by atoms with Crippen molar-refractivity contribution in [2.24, 2.45) is 0 Å². The van der Waals surface area contributed by atoms with E-state index in [1.54, 1.807) is 0 Å². The van der Waals surface area contributed by atoms with E-state index in [0.717, 1.165) is 35.3 Å². The molecule has 0 spiro atoms. The van der Waals surface area contributed by atoms with Gasteiger partial charge in [0.1, 0.15) is 6.33 Å². The monoisotopic (exact) mass is 402 g/mol. The molecule has 0 aliphatic carbocycles. The number of hydrogen-bond acceptors (Lipinski definition) is 11. The van der Waals surface area contributed by atoms with Crippen molar-refractivity contribution in [2.45, 2.75) is 0 Å². The highest BCUT2D eigenvalue weighted by molar-refractivity contribution is 5.85. The zero-order valence-electron chi connectivity index (χ0n) is 13.8. The summed E-state index contributed by atoms with van der Waals surface area (Å²) in [4.78, 5) is 41.4. The molecule has 1 aromatic heterocycles. The van der Waals surface area contributed by atoms with Crippen LogP contribution in [0.1, 0.15) is 0 Å². The molecule has 0 saturated heterocycles. The van der Waals surface area contributed by atoms with Crippen LogP contribution >= 0.6 is 0 Å². The lowest BCUT2D eigenvalue weighted by molar-refractivity contribution is -0.421. The van der Waals surface area contributed by atoms with Crippen molar-refractivity contribution in [3.63, 3.8) is 0 Å². The van der Waals surface area contributed by atoms with Gasteiger partial charge in [-0.2, -0.15) is 4.68 Å². The first-order valence-corrected chi connectivity index (χ1v) is 7.34. The summed E-state index contributed by atoms with van der Waals surface area (Å²) in [6.07, 6.45) is 0.976. The van der Waals surface area contributed by atoms with Gasteiger partial charge in [-0.3, -0.25) is 40.5 Å². The molecule has 0 N–H and O–H groups in total. The van der Waals surface area contributed by atoms with Crippen LogP contribution in [-0.4, -0.2) is 39.9 Å². The number of aromatic nitrogens is 4. The minimum Gasteiger partial charge on any atom is -0.258 e. The summed E-state index contributed by atoms with van der Waals surface area (Å²) < 4.78 is 0.824. The predicted octanol–water partition coefficient (Wildman–Crippen LogP) is 1.96. The quantitative estimate of drug-likeness (QED) is 0.428. The Kier molecular flexibility index (Phi) is 4.57. The van der Waals surface area contributed by atoms with Gasteiger partial charge in [0.2, 0.25) is 0 Å². The second kappa shape index (κ2) is 7.02. The molecule has 0 bridgehead atoms. The van der Waals surface area contributed by atoms with E-state index >= 15 is 0 Å². The van der Waals surface area contributed by atoms with E-state index in [0.29, 0.717) is 6.07 Å². The first-order chi connectivity index (χ1) is 13.7. The predicted molar refractivity (Wildman–Crippen MR) is 91.2 cm³/mol. The van der Waals surface area contributed by atoms with E-state index in [4.69, 9.17) is 0 Å². The SMILES string of the molecule is O=[N+]([O-])c1cc(-c2ccc(-n3cnnn3)c([N+](=O)[O-])c2[N+](=O)[O-])cc([N+](=O)[O-])c1. The Morgan fingerprint density at radius 2 is 1.34 bits per heavy atom. The van der Waals surface area contributed by atoms with Gasteiger partial charge < -0.3 is 0 Å². The molecule has 0 aliphatic rings. The van der Waals surface area contributed by atoms with Gasteiger partial charge in [-0.15, -0.1) is 5.10 Å². The lowest BCUT2D eigenvalue weighted by Gasteiger charge is -2.07. The van der Waals surface area contributed by atoms with Crippen molar-refractivity contribution in [2.75, 3.05) is 0 Å². The van der Waals surface area contributed by atoms with E-state index in [1.165, 1.54) is 0 Å². The van der Waals surface area contributed by atoms with Gasteiger partial charge in [-0.1, -0.05) is 0 Å². The van der Waals surface area contributed by atoms with E-state index in [-0.39, 0.29) is 11.3 Å². The van der Waals surface area contributed by atoms with Crippen LogP contribution in [0.3, 0.4) is 0 Å². The summed E-state index contributed by atoms with van der Waals surface area (Å²) in [5, 5.41) is 55.5. The summed E-state index contributed by atoms with van der Waals surface area (Å²) in [6.45, 7) is 0. The van der Waals surface area contributed by atoms with Crippen molar-refractivity contribution in [3.05, 3.63) is 77.1 Å². The standard InChI is InChI=1S/C13H6N8O8/c22-18(23)8-3-7(4-9(5-8)19(24)25)10-1-2-11(17-6-14-15-16-17)13(21(28)29)12(10)20(26)27/h1-6H. The third-order valence-corrected chi connectivity index (χ3v) is 3.73. The Hall–Kier alpha value is -4.89. The molecule has 2 aromatic carbocycles. The zero-order valence-corrected chi connectivity index (χ0v) is 13.8. The summed E-state index contributed by atoms with van der Waals surface area (Å²) in [6, 6.07) is 4.50. The molecule has 0 unspecified atom stereocenters. The number of hydrogen-bond donors (Lipinski definition) is 0. The fraction of sp³-hybridized carbons (Fsp3) is 0. The van der Waals surface area contributed by atoms with Crippen LogP contribution in [0.5, 0.6) is 0 Å². The minimum atomic E-state index is -1.06. The molecule has 0 saturated carbocycles. The Balaban J connectivity index is 2.38. The van der Waals surface area contributed by atoms with Crippen LogP contribution in [0.4, 0.5) is 22.7 Å². The average molecular weight is 402 g/mol. The van der Waals surface area contributed by atoms with E-state index in [1.807, 2.05) is 0 Å². The third kappa shape index (κ3) is 3.39. The lowest BCUT2D eigenvalue weighted by Crippen LogP contribution is -2.06. The number of non-ortho nitro benzene ring substituents is 2. The highest BCUT2D eigenvalue weighted by Crippen LogP contribution is 2.42. The molecule has 3 aromatic rings. The maximum absolute atomic E-state index is 11.7. The number of nitro benzene ring substituents is 4. The summed E-state index contributed by atoms with van der Waals surface area (Å²) >= 11 is 0. The van der Waals surface area contributed by atoms with E-state index in [9.17, 15) is 40.5 Å². The highest BCUT2D eigenvalue weighted by atomic mass is 16.6. The highest BCUT2D eigenvalue weighted by Gasteiger charge is 2.35. The summed E-state index contributed by atoms with van der Waals surface area (Å²) in [5.41, 5.74) is -4.53. The molecule has 29 heavy (non-hydrogen) atoms. The molecular formula is C13H6N8O8. The second-order valence-corrected chi connectivity index (χ2v) is 5.35. The van der Waals surface area contributed by atoms with Crippen LogP contribution < -0.4 is 0 Å². The number of nitrogens with zero attached hydrogens (tertiary/aromatic N) is 8. The van der Waals surface area contributed by atoms with Gasteiger partial charge in [-0.05, 0) is 22.6 Å². The molecule has 16 heteroatoms. The molecule has 0 amide bonds. The number of rotatable bonds is 6. The molecule has 1 heterocycles. The Bertz CT molecular complexity index is 1140. The maximum atomic E-state index is 11.7. The first kappa shape index (κ1) is 18.9. The molecule has 0 aliphatic heterocycles. The molecular weight excluding hydrogens is 396 g/mol. The van der Waals surface area contributed by atoms with Gasteiger partial charge in [0.05, 0.1) is 31.3 Å². The fourth-order valence-electron chi connectivity index (χ4n) is 2.58. The van der Waals surface area contributed by atoms with Crippen LogP contribution in [-0.2, 0) is 0 Å². The number of benzene rings is 2. The number of nitro groups is 4. The van der Waals surface area contributed by atoms with Gasteiger partial charge in [0.15, 0.2) is 5.69 Å². The van der Waals surface area contributed by atoms with Crippen molar-refractivity contribution >= 4 is 22.7 Å². The molecule has 146 valence electrons. The summed E-state index contributed by atoms with van der Waals surface area (Å²) in [7, 11) is 0. The smallest absolute Gasteiger partial charge is 0.258 e. The van der Waals surface area contributed by atoms with E-state index in [2.05, 4.69) is 15.5 Å². The fourth-order valence-corrected chi connectivity index (χ4v) is 2.58. The maximum Gasteiger partial charge on any atom is 0.372 e. The summed E-state index contributed by atoms with van der Waals surface area (Å²) in [5.74, 6) is 0. The van der Waals surface area contributed by atoms with Crippen molar-refractivity contribution in [3.8, 4) is 16.8 Å². The van der Waals surface area contributed by atoms with Crippen LogP contribution in [0.2, 0.25) is 0 Å². The van der Waals surface area contributed by atoms with Crippen molar-refractivity contribution in [1.82, 2.24) is 20.2 Å². The molecule has 16 nitrogen and oxygen atoms in total. The van der Waals surface area contributed by atoms with Crippen molar-refractivity contribution < 1.29 is 19.7 Å². The lowest BCUT2D eigenvalue weighted by atomic mass is 10.0. The Morgan fingerprint density at radius 3 is 1.79 bits per heavy atom. The van der Waals surface area contributed by atoms with Gasteiger partial charge >= 0.3 is 11.4 Å².